The van der Waals surface area contributed by atoms with Gasteiger partial charge in [0.15, 0.2) is 5.82 Å². The molecule has 0 bridgehead atoms. The summed E-state index contributed by atoms with van der Waals surface area (Å²) in [4.78, 5) is 12.3. The van der Waals surface area contributed by atoms with Crippen LogP contribution in [0.3, 0.4) is 0 Å². The van der Waals surface area contributed by atoms with Gasteiger partial charge in [0, 0.05) is 11.6 Å². The number of nitrogens with zero attached hydrogens (tertiary/aromatic N) is 3. The van der Waals surface area contributed by atoms with Crippen LogP contribution in [0.5, 0.6) is 11.5 Å². The van der Waals surface area contributed by atoms with Gasteiger partial charge in [0.25, 0.3) is 5.56 Å². The molecule has 0 aliphatic heterocycles. The van der Waals surface area contributed by atoms with E-state index in [1.54, 1.807) is 4.68 Å². The number of rotatable bonds is 4. The number of nitrogen functional groups attached to an aromatic ring is 1. The summed E-state index contributed by atoms with van der Waals surface area (Å²) in [5.74, 6) is 1.72. The average Bonchev–Trinajstić information content (AvgIpc) is 3.08. The van der Waals surface area contributed by atoms with Crippen LogP contribution in [0.1, 0.15) is 19.9 Å². The summed E-state index contributed by atoms with van der Waals surface area (Å²) in [5.41, 5.74) is 7.63. The number of nitrogens with two attached hydrogens (primary N) is 1. The molecule has 2 aromatic carbocycles. The number of hydrogen-bond donors (Lipinski definition) is 2. The molecule has 0 spiro atoms. The zero-order chi connectivity index (χ0) is 19.0. The minimum atomic E-state index is -0.310. The van der Waals surface area contributed by atoms with Crippen molar-refractivity contribution < 1.29 is 4.74 Å². The average molecular weight is 361 g/mol. The molecule has 136 valence electrons. The van der Waals surface area contributed by atoms with E-state index in [1.165, 1.54) is 0 Å². The third kappa shape index (κ3) is 3.03. The lowest BCUT2D eigenvalue weighted by atomic mass is 10.1. The number of para-hydroxylation sites is 1. The number of aromatic amines is 1. The van der Waals surface area contributed by atoms with E-state index in [2.05, 4.69) is 15.3 Å². The van der Waals surface area contributed by atoms with Gasteiger partial charge in [-0.2, -0.15) is 10.2 Å². The molecule has 0 aliphatic carbocycles. The highest BCUT2D eigenvalue weighted by atomic mass is 16.5. The summed E-state index contributed by atoms with van der Waals surface area (Å²) in [7, 11) is 0. The van der Waals surface area contributed by atoms with Crippen LogP contribution in [-0.4, -0.2) is 20.0 Å². The van der Waals surface area contributed by atoms with Gasteiger partial charge in [-0.25, -0.2) is 5.10 Å². The number of aromatic nitrogens is 4. The van der Waals surface area contributed by atoms with E-state index in [0.717, 1.165) is 11.3 Å². The standard InChI is InChI=1S/C20H19N5O2/c1-12(2)25-18-16(19(21)22-23-20(18)26)17(24-25)13-8-10-15(11-9-13)27-14-6-4-3-5-7-14/h3-12H,1-2H3,(H2,21,22)(H,23,26). The summed E-state index contributed by atoms with van der Waals surface area (Å²) >= 11 is 0. The highest BCUT2D eigenvalue weighted by Crippen LogP contribution is 2.32. The van der Waals surface area contributed by atoms with Crippen LogP contribution >= 0.6 is 0 Å². The van der Waals surface area contributed by atoms with Crippen molar-refractivity contribution in [3.63, 3.8) is 0 Å². The highest BCUT2D eigenvalue weighted by molar-refractivity contribution is 5.99. The van der Waals surface area contributed by atoms with Gasteiger partial charge < -0.3 is 10.5 Å². The maximum atomic E-state index is 12.3. The van der Waals surface area contributed by atoms with Gasteiger partial charge in [0.1, 0.15) is 22.7 Å². The lowest BCUT2D eigenvalue weighted by Gasteiger charge is -2.06. The zero-order valence-corrected chi connectivity index (χ0v) is 15.0. The number of ether oxygens (including phenoxy) is 1. The molecule has 0 fully saturated rings. The largest absolute Gasteiger partial charge is 0.457 e. The molecule has 4 rings (SSSR count). The van der Waals surface area contributed by atoms with E-state index >= 15 is 0 Å². The number of H-pyrrole nitrogens is 1. The van der Waals surface area contributed by atoms with Crippen molar-refractivity contribution in [1.29, 1.82) is 0 Å². The number of anilines is 1. The fourth-order valence-corrected chi connectivity index (χ4v) is 3.00. The summed E-state index contributed by atoms with van der Waals surface area (Å²) in [6.07, 6.45) is 0. The molecule has 0 unspecified atom stereocenters. The smallest absolute Gasteiger partial charge is 0.290 e. The van der Waals surface area contributed by atoms with Crippen LogP contribution in [-0.2, 0) is 0 Å². The quantitative estimate of drug-likeness (QED) is 0.577. The molecule has 2 heterocycles. The van der Waals surface area contributed by atoms with E-state index in [0.29, 0.717) is 22.3 Å². The summed E-state index contributed by atoms with van der Waals surface area (Å²) in [6.45, 7) is 3.92. The summed E-state index contributed by atoms with van der Waals surface area (Å²) in [6, 6.07) is 17.1. The molecule has 3 N–H and O–H groups in total. The fraction of sp³-hybridized carbons (Fsp3) is 0.150. The normalized spacial score (nSPS) is 11.2. The van der Waals surface area contributed by atoms with Crippen LogP contribution in [0.4, 0.5) is 5.82 Å². The fourth-order valence-electron chi connectivity index (χ4n) is 3.00. The molecule has 0 radical (unpaired) electrons. The van der Waals surface area contributed by atoms with Crippen molar-refractivity contribution in [3.05, 3.63) is 65.0 Å². The monoisotopic (exact) mass is 361 g/mol. The minimum Gasteiger partial charge on any atom is -0.457 e. The van der Waals surface area contributed by atoms with Crippen LogP contribution in [0.2, 0.25) is 0 Å². The van der Waals surface area contributed by atoms with Crippen LogP contribution < -0.4 is 16.0 Å². The first kappa shape index (κ1) is 16.8. The third-order valence-corrected chi connectivity index (χ3v) is 4.26. The van der Waals surface area contributed by atoms with Crippen molar-refractivity contribution >= 4 is 16.7 Å². The van der Waals surface area contributed by atoms with E-state index in [9.17, 15) is 4.79 Å². The lowest BCUT2D eigenvalue weighted by Crippen LogP contribution is -2.15. The first-order chi connectivity index (χ1) is 13.0. The van der Waals surface area contributed by atoms with Crippen molar-refractivity contribution in [1.82, 2.24) is 20.0 Å². The second-order valence-electron chi connectivity index (χ2n) is 6.49. The Hall–Kier alpha value is -3.61. The molecule has 2 aromatic heterocycles. The Labute approximate surface area is 155 Å². The maximum Gasteiger partial charge on any atom is 0.290 e. The molecule has 0 amide bonds. The summed E-state index contributed by atoms with van der Waals surface area (Å²) < 4.78 is 7.50. The van der Waals surface area contributed by atoms with Crippen LogP contribution in [0.15, 0.2) is 59.4 Å². The molecule has 0 aliphatic rings. The van der Waals surface area contributed by atoms with Gasteiger partial charge in [-0.1, -0.05) is 18.2 Å². The maximum absolute atomic E-state index is 12.3. The number of benzene rings is 2. The molecule has 0 saturated heterocycles. The second kappa shape index (κ2) is 6.60. The molecule has 7 nitrogen and oxygen atoms in total. The number of fused-ring (bicyclic) bond motifs is 1. The van der Waals surface area contributed by atoms with Gasteiger partial charge >= 0.3 is 0 Å². The SMILES string of the molecule is CC(C)n1nc(-c2ccc(Oc3ccccc3)cc2)c2c(N)n[nH]c(=O)c21. The minimum absolute atomic E-state index is 0.00448. The Kier molecular flexibility index (Phi) is 4.12. The Morgan fingerprint density at radius 3 is 2.37 bits per heavy atom. The molecule has 27 heavy (non-hydrogen) atoms. The first-order valence-corrected chi connectivity index (χ1v) is 8.64. The number of hydrogen-bond acceptors (Lipinski definition) is 5. The van der Waals surface area contributed by atoms with Gasteiger partial charge in [-0.05, 0) is 50.2 Å². The predicted octanol–water partition coefficient (Wildman–Crippen LogP) is 3.74. The Balaban J connectivity index is 1.79. The van der Waals surface area contributed by atoms with E-state index in [1.807, 2.05) is 68.4 Å². The van der Waals surface area contributed by atoms with E-state index < -0.39 is 0 Å². The van der Waals surface area contributed by atoms with E-state index in [4.69, 9.17) is 10.5 Å². The van der Waals surface area contributed by atoms with Gasteiger partial charge in [-0.15, -0.1) is 0 Å². The van der Waals surface area contributed by atoms with Gasteiger partial charge in [0.05, 0.1) is 5.39 Å². The molecular formula is C20H19N5O2. The highest BCUT2D eigenvalue weighted by Gasteiger charge is 2.20. The predicted molar refractivity (Wildman–Crippen MR) is 105 cm³/mol. The molecular weight excluding hydrogens is 342 g/mol. The Bertz CT molecular complexity index is 1140. The van der Waals surface area contributed by atoms with Crippen LogP contribution in [0, 0.1) is 0 Å². The van der Waals surface area contributed by atoms with Crippen molar-refractivity contribution in [2.24, 2.45) is 0 Å². The Morgan fingerprint density at radius 1 is 1.04 bits per heavy atom. The molecule has 0 saturated carbocycles. The van der Waals surface area contributed by atoms with Crippen molar-refractivity contribution in [3.8, 4) is 22.8 Å². The van der Waals surface area contributed by atoms with Gasteiger partial charge in [0.2, 0.25) is 0 Å². The molecule has 4 aromatic rings. The summed E-state index contributed by atoms with van der Waals surface area (Å²) in [5, 5.41) is 11.5. The topological polar surface area (TPSA) is 98.8 Å². The second-order valence-corrected chi connectivity index (χ2v) is 6.49. The zero-order valence-electron chi connectivity index (χ0n) is 15.0. The van der Waals surface area contributed by atoms with Crippen LogP contribution in [0.25, 0.3) is 22.2 Å². The van der Waals surface area contributed by atoms with E-state index in [-0.39, 0.29) is 17.4 Å². The molecule has 0 atom stereocenters. The van der Waals surface area contributed by atoms with Crippen molar-refractivity contribution in [2.75, 3.05) is 5.73 Å². The number of nitrogens with one attached hydrogen (secondary N) is 1. The van der Waals surface area contributed by atoms with Gasteiger partial charge in [-0.3, -0.25) is 9.48 Å². The third-order valence-electron chi connectivity index (χ3n) is 4.26. The lowest BCUT2D eigenvalue weighted by molar-refractivity contribution is 0.483. The Morgan fingerprint density at radius 2 is 1.70 bits per heavy atom. The van der Waals surface area contributed by atoms with Crippen molar-refractivity contribution in [2.45, 2.75) is 19.9 Å². The molecule has 7 heteroatoms. The first-order valence-electron chi connectivity index (χ1n) is 8.64.